The van der Waals surface area contributed by atoms with Crippen LogP contribution >= 0.6 is 0 Å². The predicted octanol–water partition coefficient (Wildman–Crippen LogP) is 0.212. The average Bonchev–Trinajstić information content (AvgIpc) is 2.27. The third-order valence-corrected chi connectivity index (χ3v) is 4.89. The predicted molar refractivity (Wildman–Crippen MR) is 63.6 cm³/mol. The van der Waals surface area contributed by atoms with Crippen LogP contribution in [0.5, 0.6) is 0 Å². The van der Waals surface area contributed by atoms with Gasteiger partial charge in [0.1, 0.15) is 0 Å². The number of nitrogens with one attached hydrogen (secondary N) is 1. The van der Waals surface area contributed by atoms with E-state index in [2.05, 4.69) is 4.72 Å². The summed E-state index contributed by atoms with van der Waals surface area (Å²) in [5.41, 5.74) is 5.39. The van der Waals surface area contributed by atoms with E-state index < -0.39 is 10.0 Å². The molecule has 16 heavy (non-hydrogen) atoms. The fourth-order valence-electron chi connectivity index (χ4n) is 1.85. The van der Waals surface area contributed by atoms with E-state index in [0.29, 0.717) is 32.6 Å². The number of nitrogens with two attached hydrogens (primary N) is 1. The van der Waals surface area contributed by atoms with Crippen molar-refractivity contribution in [2.75, 3.05) is 19.8 Å². The minimum atomic E-state index is -3.18. The van der Waals surface area contributed by atoms with Gasteiger partial charge in [0.25, 0.3) is 0 Å². The molecule has 1 heterocycles. The Labute approximate surface area is 97.8 Å². The van der Waals surface area contributed by atoms with Crippen LogP contribution in [0.25, 0.3) is 0 Å². The molecular weight excluding hydrogens is 228 g/mol. The van der Waals surface area contributed by atoms with E-state index in [0.717, 1.165) is 12.8 Å². The fourth-order valence-corrected chi connectivity index (χ4v) is 3.53. The molecule has 1 aliphatic rings. The largest absolute Gasteiger partial charge is 0.381 e. The lowest BCUT2D eigenvalue weighted by atomic mass is 10.2. The molecule has 0 aromatic rings. The molecule has 0 spiro atoms. The standard InChI is InChI=1S/C10H22N2O3S/c1-9(3-2-6-11)12-16(13,14)10-4-7-15-8-5-10/h9-10,12H,2-8,11H2,1H3. The van der Waals surface area contributed by atoms with Crippen LogP contribution in [-0.4, -0.2) is 39.5 Å². The van der Waals surface area contributed by atoms with Gasteiger partial charge in [0.05, 0.1) is 5.25 Å². The molecule has 0 saturated carbocycles. The van der Waals surface area contributed by atoms with E-state index in [9.17, 15) is 8.42 Å². The molecule has 3 N–H and O–H groups in total. The smallest absolute Gasteiger partial charge is 0.214 e. The highest BCUT2D eigenvalue weighted by Crippen LogP contribution is 2.15. The quantitative estimate of drug-likeness (QED) is 0.706. The van der Waals surface area contributed by atoms with Crippen LogP contribution in [0.15, 0.2) is 0 Å². The third kappa shape index (κ3) is 4.37. The first-order valence-corrected chi connectivity index (χ1v) is 7.40. The lowest BCUT2D eigenvalue weighted by Crippen LogP contribution is -2.42. The molecule has 1 unspecified atom stereocenters. The Kier molecular flexibility index (Phi) is 5.68. The van der Waals surface area contributed by atoms with Gasteiger partial charge < -0.3 is 10.5 Å². The number of sulfonamides is 1. The highest BCUT2D eigenvalue weighted by Gasteiger charge is 2.28. The van der Waals surface area contributed by atoms with Crippen molar-refractivity contribution in [2.45, 2.75) is 43.9 Å². The minimum Gasteiger partial charge on any atom is -0.381 e. The minimum absolute atomic E-state index is 0.0311. The van der Waals surface area contributed by atoms with Gasteiger partial charge in [-0.25, -0.2) is 13.1 Å². The molecule has 0 amide bonds. The highest BCUT2D eigenvalue weighted by molar-refractivity contribution is 7.90. The summed E-state index contributed by atoms with van der Waals surface area (Å²) in [6, 6.07) is -0.0311. The average molecular weight is 250 g/mol. The third-order valence-electron chi connectivity index (χ3n) is 2.81. The first kappa shape index (κ1) is 13.9. The van der Waals surface area contributed by atoms with Crippen LogP contribution in [0.4, 0.5) is 0 Å². The Hall–Kier alpha value is -0.170. The summed E-state index contributed by atoms with van der Waals surface area (Å²) in [4.78, 5) is 0. The monoisotopic (exact) mass is 250 g/mol. The summed E-state index contributed by atoms with van der Waals surface area (Å²) in [6.07, 6.45) is 2.83. The van der Waals surface area contributed by atoms with Crippen molar-refractivity contribution >= 4 is 10.0 Å². The lowest BCUT2D eigenvalue weighted by molar-refractivity contribution is 0.0981. The van der Waals surface area contributed by atoms with Crippen LogP contribution in [-0.2, 0) is 14.8 Å². The SMILES string of the molecule is CC(CCCN)NS(=O)(=O)C1CCOCC1. The summed E-state index contributed by atoms with van der Waals surface area (Å²) < 4.78 is 31.8. The van der Waals surface area contributed by atoms with Gasteiger partial charge in [0.15, 0.2) is 0 Å². The maximum Gasteiger partial charge on any atom is 0.214 e. The van der Waals surface area contributed by atoms with Crippen LogP contribution < -0.4 is 10.5 Å². The van der Waals surface area contributed by atoms with Crippen molar-refractivity contribution in [3.63, 3.8) is 0 Å². The van der Waals surface area contributed by atoms with Gasteiger partial charge in [-0.3, -0.25) is 0 Å². The highest BCUT2D eigenvalue weighted by atomic mass is 32.2. The van der Waals surface area contributed by atoms with E-state index in [1.54, 1.807) is 0 Å². The molecule has 0 radical (unpaired) electrons. The summed E-state index contributed by atoms with van der Waals surface area (Å²) in [7, 11) is -3.18. The van der Waals surface area contributed by atoms with Crippen LogP contribution in [0.1, 0.15) is 32.6 Å². The van der Waals surface area contributed by atoms with Crippen molar-refractivity contribution < 1.29 is 13.2 Å². The molecular formula is C10H22N2O3S. The van der Waals surface area contributed by atoms with Gasteiger partial charge in [-0.05, 0) is 39.2 Å². The number of ether oxygens (including phenoxy) is 1. The molecule has 1 fully saturated rings. The Morgan fingerprint density at radius 2 is 2.06 bits per heavy atom. The van der Waals surface area contributed by atoms with Crippen molar-refractivity contribution in [1.29, 1.82) is 0 Å². The second kappa shape index (κ2) is 6.54. The Bertz CT molecular complexity index is 286. The van der Waals surface area contributed by atoms with Crippen LogP contribution in [0.3, 0.4) is 0 Å². The summed E-state index contributed by atoms with van der Waals surface area (Å²) in [6.45, 7) is 3.57. The van der Waals surface area contributed by atoms with E-state index in [1.807, 2.05) is 6.92 Å². The maximum absolute atomic E-state index is 12.0. The van der Waals surface area contributed by atoms with Crippen LogP contribution in [0.2, 0.25) is 0 Å². The Morgan fingerprint density at radius 1 is 1.44 bits per heavy atom. The summed E-state index contributed by atoms with van der Waals surface area (Å²) >= 11 is 0. The van der Waals surface area contributed by atoms with E-state index in [1.165, 1.54) is 0 Å². The van der Waals surface area contributed by atoms with E-state index in [-0.39, 0.29) is 11.3 Å². The normalized spacial score (nSPS) is 20.9. The molecule has 0 aromatic heterocycles. The van der Waals surface area contributed by atoms with Crippen molar-refractivity contribution in [2.24, 2.45) is 5.73 Å². The zero-order valence-corrected chi connectivity index (χ0v) is 10.6. The van der Waals surface area contributed by atoms with Crippen molar-refractivity contribution in [3.05, 3.63) is 0 Å². The first-order chi connectivity index (χ1) is 7.56. The zero-order chi connectivity index (χ0) is 12.0. The number of hydrogen-bond donors (Lipinski definition) is 2. The Morgan fingerprint density at radius 3 is 2.62 bits per heavy atom. The molecule has 6 heteroatoms. The summed E-state index contributed by atoms with van der Waals surface area (Å²) in [5.74, 6) is 0. The van der Waals surface area contributed by atoms with Crippen molar-refractivity contribution in [1.82, 2.24) is 4.72 Å². The van der Waals surface area contributed by atoms with Gasteiger partial charge in [-0.15, -0.1) is 0 Å². The molecule has 96 valence electrons. The second-order valence-electron chi connectivity index (χ2n) is 4.31. The van der Waals surface area contributed by atoms with Gasteiger partial charge in [0, 0.05) is 19.3 Å². The molecule has 0 aliphatic carbocycles. The zero-order valence-electron chi connectivity index (χ0n) is 9.81. The van der Waals surface area contributed by atoms with E-state index >= 15 is 0 Å². The van der Waals surface area contributed by atoms with Gasteiger partial charge in [0.2, 0.25) is 10.0 Å². The molecule has 0 aromatic carbocycles. The number of hydrogen-bond acceptors (Lipinski definition) is 4. The lowest BCUT2D eigenvalue weighted by Gasteiger charge is -2.24. The van der Waals surface area contributed by atoms with Gasteiger partial charge in [-0.2, -0.15) is 0 Å². The molecule has 1 atom stereocenters. The number of rotatable bonds is 6. The van der Waals surface area contributed by atoms with Crippen molar-refractivity contribution in [3.8, 4) is 0 Å². The first-order valence-electron chi connectivity index (χ1n) is 5.85. The Balaban J connectivity index is 2.43. The summed E-state index contributed by atoms with van der Waals surface area (Å²) in [5, 5.41) is -0.290. The fraction of sp³-hybridized carbons (Fsp3) is 1.00. The molecule has 5 nitrogen and oxygen atoms in total. The van der Waals surface area contributed by atoms with Gasteiger partial charge in [-0.1, -0.05) is 0 Å². The van der Waals surface area contributed by atoms with Crippen LogP contribution in [0, 0.1) is 0 Å². The molecule has 0 bridgehead atoms. The van der Waals surface area contributed by atoms with Gasteiger partial charge >= 0.3 is 0 Å². The molecule has 1 rings (SSSR count). The maximum atomic E-state index is 12.0. The molecule has 1 saturated heterocycles. The molecule has 1 aliphatic heterocycles. The second-order valence-corrected chi connectivity index (χ2v) is 6.30. The van der Waals surface area contributed by atoms with E-state index in [4.69, 9.17) is 10.5 Å². The topological polar surface area (TPSA) is 81.4 Å².